The maximum absolute atomic E-state index is 11.9. The van der Waals surface area contributed by atoms with Gasteiger partial charge in [0.2, 0.25) is 15.9 Å². The SMILES string of the molecule is COCCNC(=O)CNS(=O)(=O)c1cccc(C(=O)O)c1. The first-order valence-electron chi connectivity index (χ1n) is 5.95. The van der Waals surface area contributed by atoms with Crippen LogP contribution in [0.2, 0.25) is 0 Å². The molecule has 1 amide bonds. The Labute approximate surface area is 122 Å². The number of carbonyl (C=O) groups is 2. The van der Waals surface area contributed by atoms with E-state index in [0.717, 1.165) is 6.07 Å². The minimum absolute atomic E-state index is 0.151. The van der Waals surface area contributed by atoms with Crippen LogP contribution in [-0.2, 0) is 19.6 Å². The van der Waals surface area contributed by atoms with E-state index in [1.54, 1.807) is 0 Å². The standard InChI is InChI=1S/C12H16N2O6S/c1-20-6-5-13-11(15)8-14-21(18,19)10-4-2-3-9(7-10)12(16)17/h2-4,7,14H,5-6,8H2,1H3,(H,13,15)(H,16,17). The molecule has 8 nitrogen and oxygen atoms in total. The summed E-state index contributed by atoms with van der Waals surface area (Å²) in [6, 6.07) is 4.86. The molecule has 9 heteroatoms. The number of ether oxygens (including phenoxy) is 1. The molecule has 1 rings (SSSR count). The Morgan fingerprint density at radius 1 is 1.33 bits per heavy atom. The summed E-state index contributed by atoms with van der Waals surface area (Å²) in [5.74, 6) is -1.74. The van der Waals surface area contributed by atoms with Gasteiger partial charge in [0.15, 0.2) is 0 Å². The minimum atomic E-state index is -3.95. The van der Waals surface area contributed by atoms with Crippen molar-refractivity contribution in [1.82, 2.24) is 10.0 Å². The van der Waals surface area contributed by atoms with Crippen molar-refractivity contribution in [2.75, 3.05) is 26.8 Å². The van der Waals surface area contributed by atoms with Crippen LogP contribution in [0.1, 0.15) is 10.4 Å². The number of hydrogen-bond acceptors (Lipinski definition) is 5. The Balaban J connectivity index is 2.67. The summed E-state index contributed by atoms with van der Waals surface area (Å²) >= 11 is 0. The van der Waals surface area contributed by atoms with Crippen LogP contribution >= 0.6 is 0 Å². The van der Waals surface area contributed by atoms with E-state index < -0.39 is 28.4 Å². The zero-order chi connectivity index (χ0) is 15.9. The summed E-state index contributed by atoms with van der Waals surface area (Å²) in [5, 5.41) is 11.3. The maximum Gasteiger partial charge on any atom is 0.335 e. The van der Waals surface area contributed by atoms with Gasteiger partial charge in [0.25, 0.3) is 0 Å². The second-order valence-corrected chi connectivity index (χ2v) is 5.77. The highest BCUT2D eigenvalue weighted by molar-refractivity contribution is 7.89. The van der Waals surface area contributed by atoms with Crippen LogP contribution in [0.4, 0.5) is 0 Å². The molecule has 0 aliphatic carbocycles. The van der Waals surface area contributed by atoms with Crippen LogP contribution in [0, 0.1) is 0 Å². The third-order valence-electron chi connectivity index (χ3n) is 2.44. The minimum Gasteiger partial charge on any atom is -0.478 e. The van der Waals surface area contributed by atoms with Crippen molar-refractivity contribution < 1.29 is 27.9 Å². The highest BCUT2D eigenvalue weighted by atomic mass is 32.2. The van der Waals surface area contributed by atoms with Crippen LogP contribution in [0.5, 0.6) is 0 Å². The molecule has 0 atom stereocenters. The molecule has 0 aliphatic rings. The van der Waals surface area contributed by atoms with Gasteiger partial charge in [-0.3, -0.25) is 4.79 Å². The van der Waals surface area contributed by atoms with E-state index >= 15 is 0 Å². The molecule has 0 aliphatic heterocycles. The fourth-order valence-corrected chi connectivity index (χ4v) is 2.42. The number of nitrogens with one attached hydrogen (secondary N) is 2. The smallest absolute Gasteiger partial charge is 0.335 e. The number of amides is 1. The Morgan fingerprint density at radius 2 is 2.05 bits per heavy atom. The van der Waals surface area contributed by atoms with Crippen molar-refractivity contribution >= 4 is 21.9 Å². The summed E-state index contributed by atoms with van der Waals surface area (Å²) < 4.78 is 30.7. The molecule has 0 spiro atoms. The topological polar surface area (TPSA) is 122 Å². The molecule has 0 aromatic heterocycles. The normalized spacial score (nSPS) is 11.1. The average molecular weight is 316 g/mol. The second kappa shape index (κ2) is 7.72. The molecule has 1 aromatic rings. The number of rotatable bonds is 8. The zero-order valence-electron chi connectivity index (χ0n) is 11.3. The number of aromatic carboxylic acids is 1. The summed E-state index contributed by atoms with van der Waals surface area (Å²) in [7, 11) is -2.47. The fourth-order valence-electron chi connectivity index (χ4n) is 1.40. The van der Waals surface area contributed by atoms with E-state index in [0.29, 0.717) is 6.61 Å². The largest absolute Gasteiger partial charge is 0.478 e. The van der Waals surface area contributed by atoms with Gasteiger partial charge in [-0.15, -0.1) is 0 Å². The van der Waals surface area contributed by atoms with Gasteiger partial charge in [-0.25, -0.2) is 17.9 Å². The first kappa shape index (κ1) is 17.1. The predicted molar refractivity (Wildman–Crippen MR) is 73.5 cm³/mol. The molecule has 3 N–H and O–H groups in total. The fraction of sp³-hybridized carbons (Fsp3) is 0.333. The van der Waals surface area contributed by atoms with Crippen LogP contribution in [0.3, 0.4) is 0 Å². The second-order valence-electron chi connectivity index (χ2n) is 4.00. The monoisotopic (exact) mass is 316 g/mol. The Morgan fingerprint density at radius 3 is 2.67 bits per heavy atom. The lowest BCUT2D eigenvalue weighted by molar-refractivity contribution is -0.120. The molecule has 116 valence electrons. The molecule has 21 heavy (non-hydrogen) atoms. The van der Waals surface area contributed by atoms with Crippen LogP contribution in [0.15, 0.2) is 29.2 Å². The highest BCUT2D eigenvalue weighted by Gasteiger charge is 2.17. The van der Waals surface area contributed by atoms with Gasteiger partial charge in [-0.2, -0.15) is 0 Å². The summed E-state index contributed by atoms with van der Waals surface area (Å²) in [6.45, 7) is 0.147. The maximum atomic E-state index is 11.9. The number of carboxylic acid groups (broad SMARTS) is 1. The first-order chi connectivity index (χ1) is 9.86. The van der Waals surface area contributed by atoms with E-state index in [1.807, 2.05) is 0 Å². The lowest BCUT2D eigenvalue weighted by atomic mass is 10.2. The van der Waals surface area contributed by atoms with Crippen molar-refractivity contribution in [1.29, 1.82) is 0 Å². The molecule has 0 heterocycles. The summed E-state index contributed by atoms with van der Waals surface area (Å²) in [4.78, 5) is 22.0. The predicted octanol–water partition coefficient (Wildman–Crippen LogP) is -0.574. The van der Waals surface area contributed by atoms with E-state index in [1.165, 1.54) is 25.3 Å². The van der Waals surface area contributed by atoms with Crippen LogP contribution < -0.4 is 10.0 Å². The molecule has 0 fully saturated rings. The van der Waals surface area contributed by atoms with E-state index in [9.17, 15) is 18.0 Å². The molecule has 0 radical (unpaired) electrons. The number of hydrogen-bond donors (Lipinski definition) is 3. The number of carbonyl (C=O) groups excluding carboxylic acids is 1. The number of sulfonamides is 1. The van der Waals surface area contributed by atoms with Crippen molar-refractivity contribution in [3.05, 3.63) is 29.8 Å². The Kier molecular flexibility index (Phi) is 6.28. The van der Waals surface area contributed by atoms with Gasteiger partial charge in [-0.05, 0) is 18.2 Å². The van der Waals surface area contributed by atoms with Crippen molar-refractivity contribution in [3.8, 4) is 0 Å². The molecule has 1 aromatic carbocycles. The Hall–Kier alpha value is -1.97. The van der Waals surface area contributed by atoms with E-state index in [-0.39, 0.29) is 17.0 Å². The molecular formula is C12H16N2O6S. The molecule has 0 saturated carbocycles. The van der Waals surface area contributed by atoms with Crippen molar-refractivity contribution in [2.45, 2.75) is 4.90 Å². The molecule has 0 unspecified atom stereocenters. The highest BCUT2D eigenvalue weighted by Crippen LogP contribution is 2.11. The first-order valence-corrected chi connectivity index (χ1v) is 7.44. The average Bonchev–Trinajstić information content (AvgIpc) is 2.45. The van der Waals surface area contributed by atoms with Gasteiger partial charge in [0.1, 0.15) is 0 Å². The quantitative estimate of drug-likeness (QED) is 0.552. The number of benzene rings is 1. The van der Waals surface area contributed by atoms with E-state index in [4.69, 9.17) is 9.84 Å². The Bertz CT molecular complexity index is 614. The lowest BCUT2D eigenvalue weighted by Crippen LogP contribution is -2.38. The third-order valence-corrected chi connectivity index (χ3v) is 3.84. The van der Waals surface area contributed by atoms with Gasteiger partial charge >= 0.3 is 5.97 Å². The van der Waals surface area contributed by atoms with Gasteiger partial charge in [0.05, 0.1) is 23.6 Å². The number of carboxylic acids is 1. The van der Waals surface area contributed by atoms with Gasteiger partial charge in [-0.1, -0.05) is 6.07 Å². The third kappa shape index (κ3) is 5.50. The van der Waals surface area contributed by atoms with Crippen molar-refractivity contribution in [3.63, 3.8) is 0 Å². The van der Waals surface area contributed by atoms with Crippen LogP contribution in [-0.4, -0.2) is 52.2 Å². The number of methoxy groups -OCH3 is 1. The van der Waals surface area contributed by atoms with Gasteiger partial charge in [0, 0.05) is 13.7 Å². The van der Waals surface area contributed by atoms with Crippen LogP contribution in [0.25, 0.3) is 0 Å². The molecule has 0 saturated heterocycles. The zero-order valence-corrected chi connectivity index (χ0v) is 12.1. The van der Waals surface area contributed by atoms with Crippen molar-refractivity contribution in [2.24, 2.45) is 0 Å². The molecular weight excluding hydrogens is 300 g/mol. The van der Waals surface area contributed by atoms with E-state index in [2.05, 4.69) is 10.0 Å². The van der Waals surface area contributed by atoms with Gasteiger partial charge < -0.3 is 15.2 Å². The summed E-state index contributed by atoms with van der Waals surface area (Å²) in [6.07, 6.45) is 0. The summed E-state index contributed by atoms with van der Waals surface area (Å²) in [5.41, 5.74) is -0.151. The molecule has 0 bridgehead atoms. The lowest BCUT2D eigenvalue weighted by Gasteiger charge is -2.08.